The van der Waals surface area contributed by atoms with Crippen LogP contribution >= 0.6 is 23.2 Å². The van der Waals surface area contributed by atoms with E-state index in [9.17, 15) is 4.79 Å². The molecule has 0 aliphatic carbocycles. The molecule has 3 aromatic rings. The lowest BCUT2D eigenvalue weighted by Gasteiger charge is -2.37. The Morgan fingerprint density at radius 2 is 1.61 bits per heavy atom. The van der Waals surface area contributed by atoms with Crippen molar-refractivity contribution in [3.63, 3.8) is 0 Å². The Morgan fingerprint density at radius 3 is 2.30 bits per heavy atom. The minimum absolute atomic E-state index is 0.145. The Labute approximate surface area is 205 Å². The molecule has 3 aromatic carbocycles. The highest BCUT2D eigenvalue weighted by atomic mass is 35.5. The molecule has 0 bridgehead atoms. The van der Waals surface area contributed by atoms with Crippen molar-refractivity contribution in [3.05, 3.63) is 93.5 Å². The van der Waals surface area contributed by atoms with E-state index in [1.165, 1.54) is 5.56 Å². The van der Waals surface area contributed by atoms with Crippen LogP contribution in [0.1, 0.15) is 42.3 Å². The zero-order valence-electron chi connectivity index (χ0n) is 19.0. The van der Waals surface area contributed by atoms with Crippen molar-refractivity contribution in [2.75, 3.05) is 6.61 Å². The molecular weight excluding hydrogens is 457 g/mol. The number of halogens is 2. The second-order valence-corrected chi connectivity index (χ2v) is 9.94. The molecular formula is C27H27Cl2NO3. The number of hydrogen-bond acceptors (Lipinski definition) is 3. The minimum atomic E-state index is -0.264. The highest BCUT2D eigenvalue weighted by Crippen LogP contribution is 2.31. The Bertz CT molecular complexity index is 1140. The van der Waals surface area contributed by atoms with E-state index in [0.29, 0.717) is 30.2 Å². The Balaban J connectivity index is 1.54. The van der Waals surface area contributed by atoms with Gasteiger partial charge in [0.2, 0.25) is 0 Å². The number of carbonyl (C=O) groups is 1. The highest BCUT2D eigenvalue weighted by molar-refractivity contribution is 6.43. The highest BCUT2D eigenvalue weighted by Gasteiger charge is 2.32. The van der Waals surface area contributed by atoms with Gasteiger partial charge in [-0.2, -0.15) is 0 Å². The number of rotatable bonds is 5. The monoisotopic (exact) mass is 483 g/mol. The summed E-state index contributed by atoms with van der Waals surface area (Å²) in [6.45, 7) is 6.88. The molecule has 1 aliphatic rings. The number of fused-ring (bicyclic) bond motifs is 1. The topological polar surface area (TPSA) is 38.8 Å². The van der Waals surface area contributed by atoms with E-state index in [-0.39, 0.29) is 22.6 Å². The predicted molar refractivity (Wildman–Crippen MR) is 133 cm³/mol. The predicted octanol–water partition coefficient (Wildman–Crippen LogP) is 6.82. The van der Waals surface area contributed by atoms with Gasteiger partial charge in [0.1, 0.15) is 23.7 Å². The molecule has 0 N–H and O–H groups in total. The molecule has 0 radical (unpaired) electrons. The van der Waals surface area contributed by atoms with Gasteiger partial charge in [-0.15, -0.1) is 0 Å². The van der Waals surface area contributed by atoms with Crippen LogP contribution in [0, 0.1) is 0 Å². The number of ether oxygens (including phenoxy) is 2. The molecule has 0 spiro atoms. The molecule has 0 saturated heterocycles. The van der Waals surface area contributed by atoms with Gasteiger partial charge in [0.05, 0.1) is 21.7 Å². The fourth-order valence-corrected chi connectivity index (χ4v) is 4.33. The largest absolute Gasteiger partial charge is 0.491 e. The molecule has 33 heavy (non-hydrogen) atoms. The number of benzene rings is 3. The van der Waals surface area contributed by atoms with Gasteiger partial charge in [-0.25, -0.2) is 0 Å². The molecule has 1 heterocycles. The zero-order chi connectivity index (χ0) is 23.6. The summed E-state index contributed by atoms with van der Waals surface area (Å²) in [5, 5.41) is 0.641. The van der Waals surface area contributed by atoms with Crippen LogP contribution in [0.2, 0.25) is 10.0 Å². The third-order valence-electron chi connectivity index (χ3n) is 5.49. The third-order valence-corrected chi connectivity index (χ3v) is 6.31. The Morgan fingerprint density at radius 1 is 0.939 bits per heavy atom. The number of amides is 1. The van der Waals surface area contributed by atoms with Crippen LogP contribution in [0.3, 0.4) is 0 Å². The lowest BCUT2D eigenvalue weighted by molar-refractivity contribution is 0.0566. The summed E-state index contributed by atoms with van der Waals surface area (Å²) in [6, 6.07) is 20.7. The maximum absolute atomic E-state index is 13.5. The number of carbonyl (C=O) groups excluding carboxylic acids is 1. The summed E-state index contributed by atoms with van der Waals surface area (Å²) in [4.78, 5) is 15.3. The van der Waals surface area contributed by atoms with E-state index in [1.54, 1.807) is 18.2 Å². The molecule has 172 valence electrons. The first-order valence-corrected chi connectivity index (χ1v) is 11.7. The van der Waals surface area contributed by atoms with E-state index in [4.69, 9.17) is 32.7 Å². The molecule has 4 nitrogen and oxygen atoms in total. The van der Waals surface area contributed by atoms with Crippen molar-refractivity contribution in [2.24, 2.45) is 0 Å². The second kappa shape index (κ2) is 9.66. The van der Waals surface area contributed by atoms with Crippen LogP contribution in [0.5, 0.6) is 11.5 Å². The van der Waals surface area contributed by atoms with Gasteiger partial charge in [-0.1, -0.05) is 53.5 Å². The fraction of sp³-hybridized carbons (Fsp3) is 0.296. The van der Waals surface area contributed by atoms with E-state index in [0.717, 1.165) is 17.1 Å². The van der Waals surface area contributed by atoms with Gasteiger partial charge in [0.15, 0.2) is 0 Å². The van der Waals surface area contributed by atoms with Crippen LogP contribution in [-0.4, -0.2) is 29.1 Å². The first-order valence-electron chi connectivity index (χ1n) is 10.9. The molecule has 0 fully saturated rings. The van der Waals surface area contributed by atoms with Crippen LogP contribution in [0.4, 0.5) is 0 Å². The molecule has 1 amide bonds. The lowest BCUT2D eigenvalue weighted by Crippen LogP contribution is -2.47. The van der Waals surface area contributed by atoms with Gasteiger partial charge in [-0.3, -0.25) is 4.79 Å². The van der Waals surface area contributed by atoms with Crippen LogP contribution < -0.4 is 9.47 Å². The first-order chi connectivity index (χ1) is 15.7. The quantitative estimate of drug-likeness (QED) is 0.399. The maximum atomic E-state index is 13.5. The van der Waals surface area contributed by atoms with Gasteiger partial charge in [-0.05, 0) is 74.7 Å². The summed E-state index contributed by atoms with van der Waals surface area (Å²) in [5.41, 5.74) is 2.49. The lowest BCUT2D eigenvalue weighted by atomic mass is 9.93. The summed E-state index contributed by atoms with van der Waals surface area (Å²) in [7, 11) is 0. The normalized spacial score (nSPS) is 15.7. The molecule has 0 aromatic heterocycles. The first kappa shape index (κ1) is 23.5. The second-order valence-electron chi connectivity index (χ2n) is 9.16. The smallest absolute Gasteiger partial charge is 0.256 e. The van der Waals surface area contributed by atoms with E-state index in [1.807, 2.05) is 62.1 Å². The molecule has 0 unspecified atom stereocenters. The van der Waals surface area contributed by atoms with E-state index >= 15 is 0 Å². The molecule has 1 aliphatic heterocycles. The average Bonchev–Trinajstić information content (AvgIpc) is 2.78. The third kappa shape index (κ3) is 5.63. The Hall–Kier alpha value is -2.69. The summed E-state index contributed by atoms with van der Waals surface area (Å²) >= 11 is 12.5. The van der Waals surface area contributed by atoms with Crippen molar-refractivity contribution in [3.8, 4) is 11.5 Å². The number of nitrogens with zero attached hydrogens (tertiary/aromatic N) is 1. The molecule has 0 saturated carbocycles. The Kier molecular flexibility index (Phi) is 6.87. The fourth-order valence-electron chi connectivity index (χ4n) is 3.95. The van der Waals surface area contributed by atoms with Gasteiger partial charge < -0.3 is 14.4 Å². The van der Waals surface area contributed by atoms with E-state index < -0.39 is 0 Å². The summed E-state index contributed by atoms with van der Waals surface area (Å²) in [6.07, 6.45) is 0.700. The van der Waals surface area contributed by atoms with Gasteiger partial charge in [0.25, 0.3) is 5.91 Å². The van der Waals surface area contributed by atoms with Crippen molar-refractivity contribution < 1.29 is 14.3 Å². The molecule has 6 heteroatoms. The summed E-state index contributed by atoms with van der Waals surface area (Å²) < 4.78 is 12.0. The standard InChI is InChI=1S/C27H27Cl2NO3/c1-27(2,3)33-22-13-11-21(12-14-22)32-17-20-15-18-7-4-5-8-19(18)16-30(20)26(31)23-9-6-10-24(28)25(23)29/h4-14,20H,15-17H2,1-3H3/t20-/m0/s1. The van der Waals surface area contributed by atoms with Crippen molar-refractivity contribution in [1.82, 2.24) is 4.90 Å². The van der Waals surface area contributed by atoms with Gasteiger partial charge >= 0.3 is 0 Å². The van der Waals surface area contributed by atoms with Crippen LogP contribution in [-0.2, 0) is 13.0 Å². The van der Waals surface area contributed by atoms with Crippen molar-refractivity contribution in [1.29, 1.82) is 0 Å². The van der Waals surface area contributed by atoms with Crippen LogP contribution in [0.25, 0.3) is 0 Å². The number of hydrogen-bond donors (Lipinski definition) is 0. The SMILES string of the molecule is CC(C)(C)Oc1ccc(OC[C@@H]2Cc3ccccc3CN2C(=O)c2cccc(Cl)c2Cl)cc1. The van der Waals surface area contributed by atoms with Crippen molar-refractivity contribution in [2.45, 2.75) is 45.4 Å². The zero-order valence-corrected chi connectivity index (χ0v) is 20.5. The maximum Gasteiger partial charge on any atom is 0.256 e. The van der Waals surface area contributed by atoms with Crippen molar-refractivity contribution >= 4 is 29.1 Å². The molecule has 1 atom stereocenters. The minimum Gasteiger partial charge on any atom is -0.491 e. The van der Waals surface area contributed by atoms with E-state index in [2.05, 4.69) is 12.1 Å². The molecule has 4 rings (SSSR count). The van der Waals surface area contributed by atoms with Crippen LogP contribution in [0.15, 0.2) is 66.7 Å². The van der Waals surface area contributed by atoms with Gasteiger partial charge in [0, 0.05) is 6.54 Å². The average molecular weight is 484 g/mol. The summed E-state index contributed by atoms with van der Waals surface area (Å²) in [5.74, 6) is 1.36.